The monoisotopic (exact) mass is 395 g/mol. The van der Waals surface area contributed by atoms with Crippen molar-refractivity contribution in [3.05, 3.63) is 65.5 Å². The number of aryl methyl sites for hydroxylation is 2. The van der Waals surface area contributed by atoms with Gasteiger partial charge in [-0.05, 0) is 29.5 Å². The molecule has 1 heterocycles. The van der Waals surface area contributed by atoms with Crippen molar-refractivity contribution in [2.75, 3.05) is 13.8 Å². The molecule has 154 valence electrons. The average Bonchev–Trinajstić information content (AvgIpc) is 3.01. The van der Waals surface area contributed by atoms with Crippen LogP contribution < -0.4 is 0 Å². The zero-order valence-corrected chi connectivity index (χ0v) is 18.0. The lowest BCUT2D eigenvalue weighted by atomic mass is 9.86. The van der Waals surface area contributed by atoms with E-state index in [0.717, 1.165) is 28.6 Å². The van der Waals surface area contributed by atoms with Crippen molar-refractivity contribution in [2.24, 2.45) is 12.0 Å². The molecule has 6 nitrogen and oxygen atoms in total. The van der Waals surface area contributed by atoms with Crippen molar-refractivity contribution in [1.82, 2.24) is 9.78 Å². The van der Waals surface area contributed by atoms with Crippen molar-refractivity contribution >= 4 is 23.5 Å². The molecule has 29 heavy (non-hydrogen) atoms. The highest BCUT2D eigenvalue weighted by molar-refractivity contribution is 6.18. The lowest BCUT2D eigenvalue weighted by Crippen LogP contribution is -2.11. The second-order valence-corrected chi connectivity index (χ2v) is 7.68. The Hall–Kier alpha value is -3.15. The van der Waals surface area contributed by atoms with Crippen LogP contribution in [0.3, 0.4) is 0 Å². The molecule has 0 atom stereocenters. The molecule has 0 saturated carbocycles. The molecule has 0 aliphatic heterocycles. The number of carbonyl (C=O) groups excluding carboxylic acids is 1. The van der Waals surface area contributed by atoms with Gasteiger partial charge in [0.15, 0.2) is 5.76 Å². The highest BCUT2D eigenvalue weighted by Crippen LogP contribution is 2.29. The van der Waals surface area contributed by atoms with Crippen LogP contribution in [0.15, 0.2) is 48.0 Å². The minimum Gasteiger partial charge on any atom is -0.454 e. The first-order valence-electron chi connectivity index (χ1n) is 9.37. The molecular formula is C23H29N3O3. The van der Waals surface area contributed by atoms with Crippen LogP contribution in [0.4, 0.5) is 0 Å². The van der Waals surface area contributed by atoms with Gasteiger partial charge in [-0.1, -0.05) is 51.6 Å². The largest absolute Gasteiger partial charge is 0.454 e. The molecule has 0 spiro atoms. The summed E-state index contributed by atoms with van der Waals surface area (Å²) in [5.41, 5.74) is 4.60. The van der Waals surface area contributed by atoms with Gasteiger partial charge in [0.25, 0.3) is 0 Å². The van der Waals surface area contributed by atoms with E-state index in [2.05, 4.69) is 49.6 Å². The zero-order valence-electron chi connectivity index (χ0n) is 18.0. The number of hydrogen-bond acceptors (Lipinski definition) is 5. The molecule has 2 rings (SSSR count). The first kappa shape index (κ1) is 22.1. The first-order chi connectivity index (χ1) is 13.7. The standard InChI is InChI=1S/C23H29N3O3/c1-8-21(27)28-15-29-22(20-13-16(2)25-26(20)7)19(14-24-6)17-9-11-18(12-10-17)23(3,4)5/h8-14H,1,15H2,2-7H3/b22-19-,24-14?. The minimum atomic E-state index is -0.550. The van der Waals surface area contributed by atoms with Crippen molar-refractivity contribution < 1.29 is 14.3 Å². The van der Waals surface area contributed by atoms with Crippen molar-refractivity contribution in [2.45, 2.75) is 33.1 Å². The average molecular weight is 396 g/mol. The van der Waals surface area contributed by atoms with Gasteiger partial charge in [-0.3, -0.25) is 9.67 Å². The van der Waals surface area contributed by atoms with Crippen LogP contribution in [0.2, 0.25) is 0 Å². The third-order valence-electron chi connectivity index (χ3n) is 4.37. The molecule has 0 unspecified atom stereocenters. The quantitative estimate of drug-likeness (QED) is 0.230. The van der Waals surface area contributed by atoms with Gasteiger partial charge in [0.05, 0.1) is 5.69 Å². The number of aromatic nitrogens is 2. The molecule has 0 amide bonds. The van der Waals surface area contributed by atoms with Crippen LogP contribution in [-0.2, 0) is 26.7 Å². The number of aliphatic imine (C=N–C) groups is 1. The van der Waals surface area contributed by atoms with Gasteiger partial charge in [-0.15, -0.1) is 0 Å². The lowest BCUT2D eigenvalue weighted by molar-refractivity contribution is -0.145. The predicted octanol–water partition coefficient (Wildman–Crippen LogP) is 4.30. The van der Waals surface area contributed by atoms with Crippen LogP contribution in [0.1, 0.15) is 43.3 Å². The molecule has 1 aromatic heterocycles. The van der Waals surface area contributed by atoms with Gasteiger partial charge in [0, 0.05) is 32.0 Å². The Balaban J connectivity index is 2.56. The summed E-state index contributed by atoms with van der Waals surface area (Å²) in [4.78, 5) is 15.6. The Morgan fingerprint density at radius 2 is 1.90 bits per heavy atom. The number of nitrogens with zero attached hydrogens (tertiary/aromatic N) is 3. The summed E-state index contributed by atoms with van der Waals surface area (Å²) in [7, 11) is 3.54. The van der Waals surface area contributed by atoms with E-state index < -0.39 is 5.97 Å². The van der Waals surface area contributed by atoms with Crippen molar-refractivity contribution in [1.29, 1.82) is 0 Å². The van der Waals surface area contributed by atoms with Crippen LogP contribution in [0.5, 0.6) is 0 Å². The summed E-state index contributed by atoms with van der Waals surface area (Å²) in [6.07, 6.45) is 2.83. The first-order valence-corrected chi connectivity index (χ1v) is 9.37. The second kappa shape index (κ2) is 9.37. The molecule has 0 radical (unpaired) electrons. The summed E-state index contributed by atoms with van der Waals surface area (Å²) in [6.45, 7) is 11.6. The SMILES string of the molecule is C=CC(=O)OCO/C(=C(/C=NC)c1ccc(C(C)(C)C)cc1)c1cc(C)nn1C. The van der Waals surface area contributed by atoms with E-state index in [4.69, 9.17) is 9.47 Å². The van der Waals surface area contributed by atoms with E-state index in [9.17, 15) is 4.79 Å². The molecule has 1 aromatic carbocycles. The molecule has 6 heteroatoms. The third kappa shape index (κ3) is 5.67. The Morgan fingerprint density at radius 3 is 2.38 bits per heavy atom. The topological polar surface area (TPSA) is 65.7 Å². The van der Waals surface area contributed by atoms with Crippen LogP contribution in [-0.4, -0.2) is 35.8 Å². The number of carbonyl (C=O) groups is 1. The van der Waals surface area contributed by atoms with Crippen molar-refractivity contribution in [3.63, 3.8) is 0 Å². The molecule has 0 N–H and O–H groups in total. The van der Waals surface area contributed by atoms with Gasteiger partial charge in [-0.2, -0.15) is 5.10 Å². The number of ether oxygens (including phenoxy) is 2. The fourth-order valence-electron chi connectivity index (χ4n) is 2.86. The normalized spacial score (nSPS) is 12.6. The Morgan fingerprint density at radius 1 is 1.24 bits per heavy atom. The molecule has 2 aromatic rings. The summed E-state index contributed by atoms with van der Waals surface area (Å²) in [5, 5.41) is 4.41. The smallest absolute Gasteiger partial charge is 0.333 e. The van der Waals surface area contributed by atoms with Gasteiger partial charge in [0.2, 0.25) is 6.79 Å². The maximum atomic E-state index is 11.4. The Kier molecular flexibility index (Phi) is 7.15. The number of hydrogen-bond donors (Lipinski definition) is 0. The van der Waals surface area contributed by atoms with Gasteiger partial charge >= 0.3 is 5.97 Å². The highest BCUT2D eigenvalue weighted by atomic mass is 16.7. The van der Waals surface area contributed by atoms with Crippen LogP contribution in [0.25, 0.3) is 11.3 Å². The van der Waals surface area contributed by atoms with E-state index in [1.807, 2.05) is 32.2 Å². The summed E-state index contributed by atoms with van der Waals surface area (Å²) in [6, 6.07) is 10.2. The number of esters is 1. The van der Waals surface area contributed by atoms with Crippen molar-refractivity contribution in [3.8, 4) is 0 Å². The van der Waals surface area contributed by atoms with Crippen LogP contribution in [0, 0.1) is 6.92 Å². The highest BCUT2D eigenvalue weighted by Gasteiger charge is 2.18. The number of allylic oxidation sites excluding steroid dienone is 1. The molecular weight excluding hydrogens is 366 g/mol. The number of rotatable bonds is 7. The summed E-state index contributed by atoms with van der Waals surface area (Å²) >= 11 is 0. The zero-order chi connectivity index (χ0) is 21.6. The maximum Gasteiger partial charge on any atom is 0.333 e. The number of benzene rings is 1. The predicted molar refractivity (Wildman–Crippen MR) is 117 cm³/mol. The Labute approximate surface area is 172 Å². The van der Waals surface area contributed by atoms with E-state index in [0.29, 0.717) is 5.76 Å². The fraction of sp³-hybridized carbons (Fsp3) is 0.348. The van der Waals surface area contributed by atoms with E-state index in [1.54, 1.807) is 17.9 Å². The summed E-state index contributed by atoms with van der Waals surface area (Å²) in [5.74, 6) is -0.0233. The van der Waals surface area contributed by atoms with Gasteiger partial charge in [-0.25, -0.2) is 4.79 Å². The molecule has 0 aliphatic rings. The summed E-state index contributed by atoms with van der Waals surface area (Å²) < 4.78 is 12.7. The van der Waals surface area contributed by atoms with E-state index in [1.165, 1.54) is 5.56 Å². The van der Waals surface area contributed by atoms with E-state index in [-0.39, 0.29) is 12.2 Å². The third-order valence-corrected chi connectivity index (χ3v) is 4.37. The Bertz CT molecular complexity index is 929. The molecule has 0 bridgehead atoms. The van der Waals surface area contributed by atoms with Gasteiger partial charge < -0.3 is 9.47 Å². The molecule has 0 aliphatic carbocycles. The molecule has 0 saturated heterocycles. The fourth-order valence-corrected chi connectivity index (χ4v) is 2.86. The van der Waals surface area contributed by atoms with Gasteiger partial charge in [0.1, 0.15) is 5.69 Å². The van der Waals surface area contributed by atoms with Crippen LogP contribution >= 0.6 is 0 Å². The van der Waals surface area contributed by atoms with E-state index >= 15 is 0 Å². The molecule has 0 fully saturated rings. The minimum absolute atomic E-state index is 0.0542. The second-order valence-electron chi connectivity index (χ2n) is 7.68. The lowest BCUT2D eigenvalue weighted by Gasteiger charge is -2.20. The maximum absolute atomic E-state index is 11.4.